The van der Waals surface area contributed by atoms with Gasteiger partial charge in [-0.2, -0.15) is 0 Å². The van der Waals surface area contributed by atoms with E-state index in [0.29, 0.717) is 22.8 Å². The van der Waals surface area contributed by atoms with Crippen molar-refractivity contribution in [3.63, 3.8) is 0 Å². The van der Waals surface area contributed by atoms with E-state index in [1.54, 1.807) is 30.3 Å². The molecule has 7 nitrogen and oxygen atoms in total. The van der Waals surface area contributed by atoms with E-state index in [1.807, 2.05) is 42.5 Å². The number of amides is 1. The van der Waals surface area contributed by atoms with Gasteiger partial charge in [0.05, 0.1) is 16.4 Å². The molecule has 1 aromatic heterocycles. The second kappa shape index (κ2) is 8.53. The van der Waals surface area contributed by atoms with Gasteiger partial charge >= 0.3 is 0 Å². The number of nitrogens with one attached hydrogen (secondary N) is 2. The summed E-state index contributed by atoms with van der Waals surface area (Å²) in [5, 5.41) is 17.7. The molecule has 144 valence electrons. The fourth-order valence-corrected chi connectivity index (χ4v) is 3.03. The third-order valence-electron chi connectivity index (χ3n) is 4.30. The summed E-state index contributed by atoms with van der Waals surface area (Å²) < 4.78 is 1.52. The minimum absolute atomic E-state index is 0.227. The molecule has 0 saturated carbocycles. The second-order valence-corrected chi connectivity index (χ2v) is 6.70. The topological polar surface area (TPSA) is 84.7 Å². The quantitative estimate of drug-likeness (QED) is 0.503. The number of carbonyl (C=O) groups is 1. The Morgan fingerprint density at radius 2 is 1.79 bits per heavy atom. The van der Waals surface area contributed by atoms with Gasteiger partial charge < -0.3 is 10.6 Å². The van der Waals surface area contributed by atoms with Gasteiger partial charge in [0.25, 0.3) is 5.91 Å². The van der Waals surface area contributed by atoms with E-state index in [-0.39, 0.29) is 5.91 Å². The highest BCUT2D eigenvalue weighted by atomic mass is 35.5. The van der Waals surface area contributed by atoms with Crippen LogP contribution in [-0.4, -0.2) is 26.1 Å². The van der Waals surface area contributed by atoms with Gasteiger partial charge in [0.2, 0.25) is 0 Å². The lowest BCUT2D eigenvalue weighted by Gasteiger charge is -2.11. The zero-order chi connectivity index (χ0) is 20.1. The highest BCUT2D eigenvalue weighted by Gasteiger charge is 2.09. The van der Waals surface area contributed by atoms with Crippen molar-refractivity contribution in [2.75, 3.05) is 10.6 Å². The van der Waals surface area contributed by atoms with Crippen LogP contribution >= 0.6 is 11.6 Å². The van der Waals surface area contributed by atoms with Gasteiger partial charge in [0.15, 0.2) is 0 Å². The first-order valence-electron chi connectivity index (χ1n) is 8.91. The van der Waals surface area contributed by atoms with Gasteiger partial charge in [0, 0.05) is 17.8 Å². The molecule has 0 saturated heterocycles. The first-order chi connectivity index (χ1) is 14.2. The van der Waals surface area contributed by atoms with Crippen LogP contribution in [0.2, 0.25) is 5.02 Å². The maximum absolute atomic E-state index is 12.5. The van der Waals surface area contributed by atoms with Crippen molar-refractivity contribution in [2.45, 2.75) is 6.54 Å². The van der Waals surface area contributed by atoms with Crippen LogP contribution in [0.1, 0.15) is 15.9 Å². The lowest BCUT2D eigenvalue weighted by atomic mass is 10.2. The van der Waals surface area contributed by atoms with Crippen molar-refractivity contribution < 1.29 is 4.79 Å². The summed E-state index contributed by atoms with van der Waals surface area (Å²) in [6.45, 7) is 0.667. The van der Waals surface area contributed by atoms with Crippen LogP contribution in [0.4, 0.5) is 11.4 Å². The Morgan fingerprint density at radius 1 is 1.00 bits per heavy atom. The van der Waals surface area contributed by atoms with E-state index in [1.165, 1.54) is 11.0 Å². The van der Waals surface area contributed by atoms with Gasteiger partial charge in [-0.1, -0.05) is 41.9 Å². The molecule has 0 aliphatic carbocycles. The molecule has 0 atom stereocenters. The monoisotopic (exact) mass is 404 g/mol. The number of hydrogen-bond donors (Lipinski definition) is 2. The van der Waals surface area contributed by atoms with E-state index < -0.39 is 0 Å². The molecule has 3 aromatic carbocycles. The Kier molecular flexibility index (Phi) is 5.49. The SMILES string of the molecule is O=C(Nc1ccc(NCc2ccccc2)c(Cl)c1)c1ccc(-n2cnnn2)cc1. The molecule has 0 aliphatic rings. The number of rotatable bonds is 6. The van der Waals surface area contributed by atoms with Crippen molar-refractivity contribution in [1.29, 1.82) is 0 Å². The zero-order valence-corrected chi connectivity index (χ0v) is 16.0. The van der Waals surface area contributed by atoms with Crippen molar-refractivity contribution in [2.24, 2.45) is 0 Å². The number of hydrogen-bond acceptors (Lipinski definition) is 5. The standard InChI is InChI=1S/C21H17ClN6O/c22-19-12-17(8-11-20(19)23-13-15-4-2-1-3-5-15)25-21(29)16-6-9-18(10-7-16)28-14-24-26-27-28/h1-12,14,23H,13H2,(H,25,29). The second-order valence-electron chi connectivity index (χ2n) is 6.29. The van der Waals surface area contributed by atoms with E-state index in [4.69, 9.17) is 11.6 Å². The molecule has 1 heterocycles. The van der Waals surface area contributed by atoms with Gasteiger partial charge in [-0.15, -0.1) is 5.10 Å². The average molecular weight is 405 g/mol. The van der Waals surface area contributed by atoms with Gasteiger partial charge in [0.1, 0.15) is 6.33 Å². The van der Waals surface area contributed by atoms with E-state index in [9.17, 15) is 4.79 Å². The summed E-state index contributed by atoms with van der Waals surface area (Å²) in [7, 11) is 0. The molecular formula is C21H17ClN6O. The fourth-order valence-electron chi connectivity index (χ4n) is 2.78. The van der Waals surface area contributed by atoms with E-state index in [0.717, 1.165) is 16.9 Å². The molecule has 4 rings (SSSR count). The van der Waals surface area contributed by atoms with Gasteiger partial charge in [-0.3, -0.25) is 4.79 Å². The normalized spacial score (nSPS) is 10.5. The van der Waals surface area contributed by atoms with E-state index >= 15 is 0 Å². The predicted octanol–water partition coefficient (Wildman–Crippen LogP) is 4.18. The summed E-state index contributed by atoms with van der Waals surface area (Å²) >= 11 is 6.37. The predicted molar refractivity (Wildman–Crippen MR) is 112 cm³/mol. The number of aromatic nitrogens is 4. The summed E-state index contributed by atoms with van der Waals surface area (Å²) in [6.07, 6.45) is 1.49. The largest absolute Gasteiger partial charge is 0.380 e. The number of anilines is 2. The van der Waals surface area contributed by atoms with Crippen molar-refractivity contribution in [3.8, 4) is 5.69 Å². The van der Waals surface area contributed by atoms with Crippen molar-refractivity contribution in [1.82, 2.24) is 20.2 Å². The van der Waals surface area contributed by atoms with Gasteiger partial charge in [-0.25, -0.2) is 4.68 Å². The van der Waals surface area contributed by atoms with Crippen LogP contribution in [0, 0.1) is 0 Å². The highest BCUT2D eigenvalue weighted by molar-refractivity contribution is 6.33. The number of halogens is 1. The van der Waals surface area contributed by atoms with Gasteiger partial charge in [-0.05, 0) is 58.5 Å². The summed E-state index contributed by atoms with van der Waals surface area (Å²) in [5.74, 6) is -0.227. The zero-order valence-electron chi connectivity index (χ0n) is 15.3. The molecule has 0 bridgehead atoms. The maximum atomic E-state index is 12.5. The summed E-state index contributed by atoms with van der Waals surface area (Å²) in [5.41, 5.74) is 3.87. The number of nitrogens with zero attached hydrogens (tertiary/aromatic N) is 4. The molecule has 8 heteroatoms. The summed E-state index contributed by atoms with van der Waals surface area (Å²) in [6, 6.07) is 22.4. The van der Waals surface area contributed by atoms with Crippen LogP contribution in [0.25, 0.3) is 5.69 Å². The smallest absolute Gasteiger partial charge is 0.255 e. The molecule has 1 amide bonds. The van der Waals surface area contributed by atoms with Crippen LogP contribution in [0.15, 0.2) is 79.1 Å². The lowest BCUT2D eigenvalue weighted by Crippen LogP contribution is -2.12. The molecule has 4 aromatic rings. The maximum Gasteiger partial charge on any atom is 0.255 e. The molecule has 0 unspecified atom stereocenters. The number of benzene rings is 3. The number of carbonyl (C=O) groups excluding carboxylic acids is 1. The fraction of sp³-hybridized carbons (Fsp3) is 0.0476. The first kappa shape index (κ1) is 18.6. The van der Waals surface area contributed by atoms with Crippen LogP contribution in [0.5, 0.6) is 0 Å². The third-order valence-corrected chi connectivity index (χ3v) is 4.61. The Hall–Kier alpha value is -3.71. The minimum Gasteiger partial charge on any atom is -0.380 e. The highest BCUT2D eigenvalue weighted by Crippen LogP contribution is 2.26. The molecule has 0 fully saturated rings. The molecule has 0 spiro atoms. The van der Waals surface area contributed by atoms with Crippen molar-refractivity contribution in [3.05, 3.63) is 95.3 Å². The molecule has 0 radical (unpaired) electrons. The summed E-state index contributed by atoms with van der Waals surface area (Å²) in [4.78, 5) is 12.5. The Morgan fingerprint density at radius 3 is 2.48 bits per heavy atom. The lowest BCUT2D eigenvalue weighted by molar-refractivity contribution is 0.102. The Balaban J connectivity index is 1.40. The molecular weight excluding hydrogens is 388 g/mol. The van der Waals surface area contributed by atoms with Crippen LogP contribution < -0.4 is 10.6 Å². The Labute approximate surface area is 172 Å². The molecule has 2 N–H and O–H groups in total. The van der Waals surface area contributed by atoms with E-state index in [2.05, 4.69) is 26.2 Å². The third kappa shape index (κ3) is 4.59. The molecule has 0 aliphatic heterocycles. The first-order valence-corrected chi connectivity index (χ1v) is 9.29. The average Bonchev–Trinajstić information content (AvgIpc) is 3.29. The molecule has 29 heavy (non-hydrogen) atoms. The van der Waals surface area contributed by atoms with Crippen molar-refractivity contribution >= 4 is 28.9 Å². The number of tetrazole rings is 1. The van der Waals surface area contributed by atoms with Crippen LogP contribution in [0.3, 0.4) is 0 Å². The minimum atomic E-state index is -0.227. The van der Waals surface area contributed by atoms with Crippen LogP contribution in [-0.2, 0) is 6.54 Å². The Bertz CT molecular complexity index is 1100.